The first-order chi connectivity index (χ1) is 14.2. The third-order valence-corrected chi connectivity index (χ3v) is 5.40. The summed E-state index contributed by atoms with van der Waals surface area (Å²) < 4.78 is 0. The quantitative estimate of drug-likeness (QED) is 0.113. The van der Waals surface area contributed by atoms with Crippen LogP contribution in [0.25, 0.3) is 0 Å². The Morgan fingerprint density at radius 2 is 0.500 bits per heavy atom. The van der Waals surface area contributed by atoms with Crippen LogP contribution >= 0.6 is 102 Å². The van der Waals surface area contributed by atoms with Crippen LogP contribution in [0.3, 0.4) is 0 Å². The highest BCUT2D eigenvalue weighted by Gasteiger charge is 1.94. The second-order valence-corrected chi connectivity index (χ2v) is 9.50. The molecule has 0 unspecified atom stereocenters. The summed E-state index contributed by atoms with van der Waals surface area (Å²) in [6.07, 6.45) is 26.2. The molecule has 6 heteroatoms. The van der Waals surface area contributed by atoms with Crippen LogP contribution in [-0.2, 0) is 0 Å². The van der Waals surface area contributed by atoms with E-state index in [0.29, 0.717) is 0 Å². The lowest BCUT2D eigenvalue weighted by Crippen LogP contribution is -1.82. The Balaban J connectivity index is -0.000000280. The van der Waals surface area contributed by atoms with Crippen molar-refractivity contribution < 1.29 is 0 Å². The van der Waals surface area contributed by atoms with Gasteiger partial charge < -0.3 is 0 Å². The van der Waals surface area contributed by atoms with Gasteiger partial charge in [-0.3, -0.25) is 0 Å². The molecule has 0 atom stereocenters. The highest BCUT2D eigenvalue weighted by Crippen LogP contribution is 2.14. The van der Waals surface area contributed by atoms with E-state index in [1.807, 2.05) is 0 Å². The van der Waals surface area contributed by atoms with Gasteiger partial charge in [0.25, 0.3) is 0 Å². The highest BCUT2D eigenvalue weighted by atomic mass is 79.9. The standard InChI is InChI=1S/C30H50.6BrH/c1-25(2)15-11-19-29(7)23-13-21-27(5)17-9-10-18-28(6)22-14-24-30(8)20-12-16-26(3)4;;;;;;/h15-18,23-24H,9-14,19-22H2,1-8H3;6*1H/b27-17+,28-18+,29-23+,30-24+;;;;;;. The molecule has 0 N–H and O–H groups in total. The second kappa shape index (κ2) is 36.3. The second-order valence-electron chi connectivity index (χ2n) is 9.50. The Hall–Kier alpha value is 1.32. The van der Waals surface area contributed by atoms with Crippen molar-refractivity contribution in [3.05, 3.63) is 69.9 Å². The van der Waals surface area contributed by atoms with Crippen LogP contribution in [-0.4, -0.2) is 0 Å². The topological polar surface area (TPSA) is 0 Å². The predicted octanol–water partition coefficient (Wildman–Crippen LogP) is 14.1. The smallest absolute Gasteiger partial charge is 0.0288 e. The molecule has 0 saturated carbocycles. The summed E-state index contributed by atoms with van der Waals surface area (Å²) in [5, 5.41) is 0. The van der Waals surface area contributed by atoms with E-state index in [0.717, 1.165) is 0 Å². The molecule has 0 rings (SSSR count). The molecular formula is C30H56Br6. The molecule has 36 heavy (non-hydrogen) atoms. The van der Waals surface area contributed by atoms with Gasteiger partial charge in [-0.15, -0.1) is 102 Å². The lowest BCUT2D eigenvalue weighted by molar-refractivity contribution is 0.896. The number of hydrogen-bond acceptors (Lipinski definition) is 0. The Morgan fingerprint density at radius 3 is 0.722 bits per heavy atom. The third kappa shape index (κ3) is 39.8. The lowest BCUT2D eigenvalue weighted by atomic mass is 10.0. The van der Waals surface area contributed by atoms with E-state index in [4.69, 9.17) is 0 Å². The van der Waals surface area contributed by atoms with E-state index in [1.165, 1.54) is 97.6 Å². The maximum atomic E-state index is 2.43. The molecule has 0 aliphatic carbocycles. The first-order valence-corrected chi connectivity index (χ1v) is 12.1. The van der Waals surface area contributed by atoms with Gasteiger partial charge in [-0.25, -0.2) is 0 Å². The molecule has 0 aliphatic rings. The maximum Gasteiger partial charge on any atom is -0.0288 e. The SMILES string of the molecule is Br.Br.Br.Br.Br.Br.CC(C)=CCC/C(C)=C/CC/C(C)=C/CC/C=C(\C)CC/C=C(\C)CCC=C(C)C. The maximum absolute atomic E-state index is 2.43. The Labute approximate surface area is 288 Å². The van der Waals surface area contributed by atoms with Gasteiger partial charge in [0.05, 0.1) is 0 Å². The van der Waals surface area contributed by atoms with Gasteiger partial charge in [0, 0.05) is 0 Å². The summed E-state index contributed by atoms with van der Waals surface area (Å²) in [6, 6.07) is 0. The lowest BCUT2D eigenvalue weighted by Gasteiger charge is -2.02. The monoisotopic (exact) mass is 890 g/mol. The van der Waals surface area contributed by atoms with Gasteiger partial charge >= 0.3 is 0 Å². The number of halogens is 6. The van der Waals surface area contributed by atoms with Crippen molar-refractivity contribution in [2.75, 3.05) is 0 Å². The Bertz CT molecular complexity index is 601. The van der Waals surface area contributed by atoms with Crippen LogP contribution in [0.4, 0.5) is 0 Å². The molecule has 0 aromatic heterocycles. The van der Waals surface area contributed by atoms with E-state index in [9.17, 15) is 0 Å². The normalized spacial score (nSPS) is 11.2. The average Bonchev–Trinajstić information content (AvgIpc) is 2.64. The van der Waals surface area contributed by atoms with Crippen molar-refractivity contribution in [2.24, 2.45) is 0 Å². The minimum atomic E-state index is 0. The zero-order valence-corrected chi connectivity index (χ0v) is 34.3. The molecule has 0 saturated heterocycles. The fourth-order valence-corrected chi connectivity index (χ4v) is 3.34. The molecule has 0 heterocycles. The molecule has 0 bridgehead atoms. The van der Waals surface area contributed by atoms with E-state index in [2.05, 4.69) is 91.8 Å². The largest absolute Gasteiger partial charge is 0.114 e. The van der Waals surface area contributed by atoms with E-state index >= 15 is 0 Å². The van der Waals surface area contributed by atoms with Gasteiger partial charge in [0.2, 0.25) is 0 Å². The molecule has 0 nitrogen and oxygen atoms in total. The van der Waals surface area contributed by atoms with E-state index in [1.54, 1.807) is 0 Å². The van der Waals surface area contributed by atoms with Gasteiger partial charge in [0.15, 0.2) is 0 Å². The van der Waals surface area contributed by atoms with Crippen molar-refractivity contribution in [1.82, 2.24) is 0 Å². The van der Waals surface area contributed by atoms with E-state index < -0.39 is 0 Å². The zero-order chi connectivity index (χ0) is 22.8. The predicted molar refractivity (Wildman–Crippen MR) is 202 cm³/mol. The number of allylic oxidation sites excluding steroid dienone is 12. The van der Waals surface area contributed by atoms with Crippen LogP contribution in [0.1, 0.15) is 120 Å². The van der Waals surface area contributed by atoms with Crippen LogP contribution in [0, 0.1) is 0 Å². The number of hydrogen-bond donors (Lipinski definition) is 0. The van der Waals surface area contributed by atoms with Crippen molar-refractivity contribution in [3.8, 4) is 0 Å². The summed E-state index contributed by atoms with van der Waals surface area (Å²) in [6.45, 7) is 17.8. The van der Waals surface area contributed by atoms with Crippen molar-refractivity contribution in [1.29, 1.82) is 0 Å². The molecular weight excluding hydrogens is 840 g/mol. The highest BCUT2D eigenvalue weighted by molar-refractivity contribution is 8.93. The molecule has 0 aromatic carbocycles. The van der Waals surface area contributed by atoms with Gasteiger partial charge in [-0.05, 0) is 120 Å². The number of unbranched alkanes of at least 4 members (excludes halogenated alkanes) is 1. The molecule has 0 radical (unpaired) electrons. The summed E-state index contributed by atoms with van der Waals surface area (Å²) >= 11 is 0. The molecule has 0 aromatic rings. The average molecular weight is 896 g/mol. The van der Waals surface area contributed by atoms with Crippen molar-refractivity contribution in [3.63, 3.8) is 0 Å². The van der Waals surface area contributed by atoms with Gasteiger partial charge in [-0.1, -0.05) is 69.9 Å². The molecule has 0 aliphatic heterocycles. The fourth-order valence-electron chi connectivity index (χ4n) is 3.34. The van der Waals surface area contributed by atoms with Crippen LogP contribution in [0.15, 0.2) is 69.9 Å². The van der Waals surface area contributed by atoms with E-state index in [-0.39, 0.29) is 102 Å². The first kappa shape index (κ1) is 53.6. The molecule has 0 amide bonds. The van der Waals surface area contributed by atoms with Gasteiger partial charge in [-0.2, -0.15) is 0 Å². The third-order valence-electron chi connectivity index (χ3n) is 5.40. The summed E-state index contributed by atoms with van der Waals surface area (Å²) in [4.78, 5) is 0. The summed E-state index contributed by atoms with van der Waals surface area (Å²) in [5.74, 6) is 0. The minimum Gasteiger partial charge on any atom is -0.114 e. The van der Waals surface area contributed by atoms with Crippen LogP contribution in [0.5, 0.6) is 0 Å². The zero-order valence-electron chi connectivity index (χ0n) is 24.0. The van der Waals surface area contributed by atoms with Crippen molar-refractivity contribution in [2.45, 2.75) is 120 Å². The first-order valence-electron chi connectivity index (χ1n) is 12.1. The number of rotatable bonds is 15. The Morgan fingerprint density at radius 1 is 0.306 bits per heavy atom. The van der Waals surface area contributed by atoms with Crippen molar-refractivity contribution >= 4 is 102 Å². The Kier molecular flexibility index (Phi) is 54.0. The van der Waals surface area contributed by atoms with Gasteiger partial charge in [0.1, 0.15) is 0 Å². The van der Waals surface area contributed by atoms with Crippen LogP contribution < -0.4 is 0 Å². The molecule has 0 fully saturated rings. The fraction of sp³-hybridized carbons (Fsp3) is 0.600. The summed E-state index contributed by atoms with van der Waals surface area (Å²) in [7, 11) is 0. The molecule has 218 valence electrons. The minimum absolute atomic E-state index is 0. The molecule has 0 spiro atoms. The summed E-state index contributed by atoms with van der Waals surface area (Å²) in [5.41, 5.74) is 8.97. The van der Waals surface area contributed by atoms with Crippen LogP contribution in [0.2, 0.25) is 0 Å².